The van der Waals surface area contributed by atoms with Crippen LogP contribution < -0.4 is 0 Å². The van der Waals surface area contributed by atoms with Crippen LogP contribution in [-0.4, -0.2) is 64.2 Å². The van der Waals surface area contributed by atoms with Crippen molar-refractivity contribution in [1.29, 1.82) is 0 Å². The monoisotopic (exact) mass is 422 g/mol. The largest absolute Gasteiger partial charge is 0.395 e. The Labute approximate surface area is 172 Å². The number of carbonyl (C=O) groups excluding carboxylic acids is 2. The van der Waals surface area contributed by atoms with Gasteiger partial charge in [-0.3, -0.25) is 19.4 Å². The second-order valence-corrected chi connectivity index (χ2v) is 7.44. The van der Waals surface area contributed by atoms with Gasteiger partial charge in [0.2, 0.25) is 0 Å². The van der Waals surface area contributed by atoms with Gasteiger partial charge in [0, 0.05) is 19.6 Å². The lowest BCUT2D eigenvalue weighted by atomic mass is 10.1. The lowest BCUT2D eigenvalue weighted by Gasteiger charge is -2.26. The zero-order chi connectivity index (χ0) is 20.3. The van der Waals surface area contributed by atoms with Crippen LogP contribution in [0.4, 0.5) is 0 Å². The van der Waals surface area contributed by atoms with E-state index in [-0.39, 0.29) is 19.7 Å². The molecule has 1 aliphatic heterocycles. The number of hydrogen-bond donors (Lipinski definition) is 2. The van der Waals surface area contributed by atoms with Crippen LogP contribution in [0.5, 0.6) is 0 Å². The van der Waals surface area contributed by atoms with Crippen molar-refractivity contribution in [1.82, 2.24) is 9.80 Å². The fourth-order valence-electron chi connectivity index (χ4n) is 3.24. The van der Waals surface area contributed by atoms with E-state index in [1.54, 1.807) is 36.4 Å². The van der Waals surface area contributed by atoms with Gasteiger partial charge in [0.25, 0.3) is 11.8 Å². The molecule has 1 aliphatic rings. The molecule has 3 rings (SSSR count). The number of amides is 2. The number of aliphatic hydroxyl groups is 2. The van der Waals surface area contributed by atoms with E-state index >= 15 is 0 Å². The first-order valence-electron chi connectivity index (χ1n) is 8.81. The Bertz CT molecular complexity index is 855. The summed E-state index contributed by atoms with van der Waals surface area (Å²) >= 11 is 12.0. The highest BCUT2D eigenvalue weighted by atomic mass is 35.5. The van der Waals surface area contributed by atoms with Gasteiger partial charge in [-0.15, -0.1) is 0 Å². The molecule has 1 atom stereocenters. The third kappa shape index (κ3) is 4.54. The Balaban J connectivity index is 1.64. The van der Waals surface area contributed by atoms with E-state index in [0.29, 0.717) is 34.3 Å². The van der Waals surface area contributed by atoms with Crippen LogP contribution in [0, 0.1) is 0 Å². The Morgan fingerprint density at radius 2 is 1.64 bits per heavy atom. The zero-order valence-corrected chi connectivity index (χ0v) is 16.5. The average Bonchev–Trinajstić information content (AvgIpc) is 2.90. The Hall–Kier alpha value is -1.96. The van der Waals surface area contributed by atoms with Crippen LogP contribution in [0.15, 0.2) is 42.5 Å². The lowest BCUT2D eigenvalue weighted by Crippen LogP contribution is -2.43. The molecule has 2 amide bonds. The summed E-state index contributed by atoms with van der Waals surface area (Å²) in [5, 5.41) is 20.7. The van der Waals surface area contributed by atoms with Crippen molar-refractivity contribution in [2.45, 2.75) is 12.6 Å². The number of carbonyl (C=O) groups is 2. The van der Waals surface area contributed by atoms with Crippen molar-refractivity contribution in [2.75, 3.05) is 26.2 Å². The van der Waals surface area contributed by atoms with Gasteiger partial charge in [-0.05, 0) is 29.8 Å². The summed E-state index contributed by atoms with van der Waals surface area (Å²) in [5.74, 6) is -0.810. The highest BCUT2D eigenvalue weighted by Gasteiger charge is 2.36. The Kier molecular flexibility index (Phi) is 6.69. The maximum absolute atomic E-state index is 12.4. The summed E-state index contributed by atoms with van der Waals surface area (Å²) < 4.78 is 0. The number of β-amino-alcohol motifs (C(OH)–C–C–N with tert-alkyl or cyclic N) is 1. The van der Waals surface area contributed by atoms with Crippen molar-refractivity contribution >= 4 is 35.0 Å². The van der Waals surface area contributed by atoms with Crippen LogP contribution >= 0.6 is 23.2 Å². The molecule has 0 fully saturated rings. The van der Waals surface area contributed by atoms with E-state index in [1.807, 2.05) is 11.0 Å². The SMILES string of the molecule is O=C1c2ccccc2C(=O)N1C[C@@H](O)CN(CCO)Cc1ccc(Cl)c(Cl)c1. The van der Waals surface area contributed by atoms with E-state index in [1.165, 1.54) is 0 Å². The standard InChI is InChI=1S/C20H20Cl2N2O4/c21-17-6-5-13(9-18(17)22)10-23(7-8-25)11-14(26)12-24-19(27)15-3-1-2-4-16(15)20(24)28/h1-6,9,14,25-26H,7-8,10-12H2/t14-/m0/s1. The van der Waals surface area contributed by atoms with E-state index in [2.05, 4.69) is 0 Å². The molecule has 0 aliphatic carbocycles. The minimum atomic E-state index is -0.962. The first kappa shape index (κ1) is 20.8. The number of hydrogen-bond acceptors (Lipinski definition) is 5. The maximum Gasteiger partial charge on any atom is 0.261 e. The zero-order valence-electron chi connectivity index (χ0n) is 15.0. The lowest BCUT2D eigenvalue weighted by molar-refractivity contribution is 0.0447. The summed E-state index contributed by atoms with van der Waals surface area (Å²) in [6.45, 7) is 0.709. The summed E-state index contributed by atoms with van der Waals surface area (Å²) in [4.78, 5) is 27.7. The van der Waals surface area contributed by atoms with E-state index in [0.717, 1.165) is 10.5 Å². The van der Waals surface area contributed by atoms with Crippen molar-refractivity contribution in [3.63, 3.8) is 0 Å². The fraction of sp³-hybridized carbons (Fsp3) is 0.300. The number of benzene rings is 2. The van der Waals surface area contributed by atoms with Crippen LogP contribution in [0.2, 0.25) is 10.0 Å². The minimum Gasteiger partial charge on any atom is -0.395 e. The second kappa shape index (κ2) is 9.03. The molecule has 0 saturated heterocycles. The predicted octanol–water partition coefficient (Wildman–Crippen LogP) is 2.44. The van der Waals surface area contributed by atoms with Gasteiger partial charge < -0.3 is 10.2 Å². The quantitative estimate of drug-likeness (QED) is 0.638. The summed E-state index contributed by atoms with van der Waals surface area (Å²) in [5.41, 5.74) is 1.57. The molecule has 0 bridgehead atoms. The van der Waals surface area contributed by atoms with Crippen LogP contribution in [0.25, 0.3) is 0 Å². The molecule has 2 N–H and O–H groups in total. The molecule has 0 aromatic heterocycles. The molecule has 2 aromatic rings. The van der Waals surface area contributed by atoms with Gasteiger partial charge in [-0.1, -0.05) is 41.4 Å². The highest BCUT2D eigenvalue weighted by molar-refractivity contribution is 6.42. The third-order valence-electron chi connectivity index (χ3n) is 4.55. The van der Waals surface area contributed by atoms with Crippen LogP contribution in [0.3, 0.4) is 0 Å². The van der Waals surface area contributed by atoms with Gasteiger partial charge in [0.05, 0.1) is 40.4 Å². The second-order valence-electron chi connectivity index (χ2n) is 6.63. The fourth-order valence-corrected chi connectivity index (χ4v) is 3.56. The molecule has 6 nitrogen and oxygen atoms in total. The van der Waals surface area contributed by atoms with Crippen LogP contribution in [-0.2, 0) is 6.54 Å². The smallest absolute Gasteiger partial charge is 0.261 e. The molecule has 0 saturated carbocycles. The summed E-state index contributed by atoms with van der Waals surface area (Å²) in [7, 11) is 0. The number of halogens is 2. The molecular formula is C20H20Cl2N2O4. The molecule has 0 unspecified atom stereocenters. The third-order valence-corrected chi connectivity index (χ3v) is 5.29. The van der Waals surface area contributed by atoms with Gasteiger partial charge in [0.15, 0.2) is 0 Å². The maximum atomic E-state index is 12.4. The molecular weight excluding hydrogens is 403 g/mol. The Morgan fingerprint density at radius 1 is 1.00 bits per heavy atom. The predicted molar refractivity (Wildman–Crippen MR) is 107 cm³/mol. The van der Waals surface area contributed by atoms with Gasteiger partial charge in [-0.2, -0.15) is 0 Å². The van der Waals surface area contributed by atoms with Crippen molar-refractivity contribution < 1.29 is 19.8 Å². The van der Waals surface area contributed by atoms with Gasteiger partial charge >= 0.3 is 0 Å². The van der Waals surface area contributed by atoms with E-state index in [4.69, 9.17) is 23.2 Å². The summed E-state index contributed by atoms with van der Waals surface area (Å²) in [6.07, 6.45) is -0.962. The van der Waals surface area contributed by atoms with E-state index < -0.39 is 17.9 Å². The molecule has 2 aromatic carbocycles. The molecule has 0 spiro atoms. The average molecular weight is 423 g/mol. The van der Waals surface area contributed by atoms with Crippen molar-refractivity contribution in [3.8, 4) is 0 Å². The molecule has 148 valence electrons. The van der Waals surface area contributed by atoms with E-state index in [9.17, 15) is 19.8 Å². The molecule has 8 heteroatoms. The highest BCUT2D eigenvalue weighted by Crippen LogP contribution is 2.24. The Morgan fingerprint density at radius 3 is 2.21 bits per heavy atom. The first-order valence-corrected chi connectivity index (χ1v) is 9.56. The number of nitrogens with zero attached hydrogens (tertiary/aromatic N) is 2. The van der Waals surface area contributed by atoms with Gasteiger partial charge in [0.1, 0.15) is 0 Å². The van der Waals surface area contributed by atoms with Crippen molar-refractivity contribution in [3.05, 3.63) is 69.2 Å². The molecule has 0 radical (unpaired) electrons. The minimum absolute atomic E-state index is 0.0962. The number of rotatable bonds is 8. The van der Waals surface area contributed by atoms with Gasteiger partial charge in [-0.25, -0.2) is 0 Å². The normalized spacial score (nSPS) is 14.7. The molecule has 1 heterocycles. The molecule has 28 heavy (non-hydrogen) atoms. The first-order chi connectivity index (χ1) is 13.4. The van der Waals surface area contributed by atoms with Crippen LogP contribution in [0.1, 0.15) is 26.3 Å². The topological polar surface area (TPSA) is 81.1 Å². The number of aliphatic hydroxyl groups excluding tert-OH is 2. The summed E-state index contributed by atoms with van der Waals surface area (Å²) in [6, 6.07) is 11.8. The number of fused-ring (bicyclic) bond motifs is 1. The van der Waals surface area contributed by atoms with Crippen molar-refractivity contribution in [2.24, 2.45) is 0 Å². The number of imide groups is 1.